The number of nitrogens with zero attached hydrogens (tertiary/aromatic N) is 1. The van der Waals surface area contributed by atoms with Crippen LogP contribution in [-0.4, -0.2) is 31.6 Å². The quantitative estimate of drug-likeness (QED) is 0.810. The molecule has 0 spiro atoms. The Morgan fingerprint density at radius 1 is 1.12 bits per heavy atom. The first kappa shape index (κ1) is 16.2. The first-order chi connectivity index (χ1) is 12.2. The minimum atomic E-state index is 0.0830. The Balaban J connectivity index is 1.66. The lowest BCUT2D eigenvalue weighted by Crippen LogP contribution is -2.51. The van der Waals surface area contributed by atoms with Crippen LogP contribution < -0.4 is 15.5 Å². The average molecular weight is 354 g/mol. The van der Waals surface area contributed by atoms with Crippen LogP contribution in [0.5, 0.6) is 0 Å². The molecule has 25 heavy (non-hydrogen) atoms. The van der Waals surface area contributed by atoms with Gasteiger partial charge in [-0.25, -0.2) is 0 Å². The van der Waals surface area contributed by atoms with Gasteiger partial charge in [0.1, 0.15) is 0 Å². The van der Waals surface area contributed by atoms with E-state index in [-0.39, 0.29) is 11.9 Å². The van der Waals surface area contributed by atoms with Crippen LogP contribution in [0, 0.1) is 0 Å². The first-order valence-electron chi connectivity index (χ1n) is 8.54. The summed E-state index contributed by atoms with van der Waals surface area (Å²) in [6.45, 7) is 2.69. The molecule has 0 aliphatic carbocycles. The van der Waals surface area contributed by atoms with Crippen LogP contribution in [0.4, 0.5) is 11.4 Å². The first-order valence-corrected chi connectivity index (χ1v) is 8.92. The molecule has 128 valence electrons. The second-order valence-corrected chi connectivity index (χ2v) is 6.91. The third-order valence-corrected chi connectivity index (χ3v) is 4.93. The molecule has 1 atom stereocenters. The standard InChI is InChI=1S/C20H20ClN3O/c21-16-3-1-2-14(10-16)4-5-15-6-7-18-19(11-15)24-9-8-22-13-17(24)12-20(25)23-18/h1-7,10-11,17,22H,8-9,12-13H2,(H,23,25). The van der Waals surface area contributed by atoms with Gasteiger partial charge in [0.2, 0.25) is 5.91 Å². The lowest BCUT2D eigenvalue weighted by Gasteiger charge is -2.36. The number of nitrogens with one attached hydrogen (secondary N) is 2. The van der Waals surface area contributed by atoms with Crippen molar-refractivity contribution in [1.29, 1.82) is 0 Å². The number of rotatable bonds is 2. The van der Waals surface area contributed by atoms with Gasteiger partial charge in [-0.05, 0) is 35.4 Å². The zero-order valence-electron chi connectivity index (χ0n) is 13.8. The highest BCUT2D eigenvalue weighted by molar-refractivity contribution is 6.30. The van der Waals surface area contributed by atoms with Crippen LogP contribution in [0.3, 0.4) is 0 Å². The summed E-state index contributed by atoms with van der Waals surface area (Å²) in [6, 6.07) is 14.2. The van der Waals surface area contributed by atoms with Gasteiger partial charge in [-0.2, -0.15) is 0 Å². The summed E-state index contributed by atoms with van der Waals surface area (Å²) in [4.78, 5) is 14.5. The largest absolute Gasteiger partial charge is 0.364 e. The van der Waals surface area contributed by atoms with Gasteiger partial charge in [-0.3, -0.25) is 4.79 Å². The summed E-state index contributed by atoms with van der Waals surface area (Å²) >= 11 is 6.04. The van der Waals surface area contributed by atoms with Crippen molar-refractivity contribution >= 4 is 41.0 Å². The summed E-state index contributed by atoms with van der Waals surface area (Å²) in [5.74, 6) is 0.0830. The summed E-state index contributed by atoms with van der Waals surface area (Å²) in [5, 5.41) is 7.15. The van der Waals surface area contributed by atoms with E-state index in [9.17, 15) is 4.79 Å². The number of halogens is 1. The molecule has 1 saturated heterocycles. The predicted octanol–water partition coefficient (Wildman–Crippen LogP) is 3.63. The molecule has 1 unspecified atom stereocenters. The van der Waals surface area contributed by atoms with E-state index in [1.54, 1.807) is 0 Å². The SMILES string of the molecule is O=C1CC2CNCCN2c2cc(C=Cc3cccc(Cl)c3)ccc2N1. The van der Waals surface area contributed by atoms with Crippen molar-refractivity contribution in [3.8, 4) is 0 Å². The number of anilines is 2. The molecule has 0 radical (unpaired) electrons. The lowest BCUT2D eigenvalue weighted by atomic mass is 10.1. The Bertz CT molecular complexity index is 833. The molecule has 0 saturated carbocycles. The van der Waals surface area contributed by atoms with Crippen molar-refractivity contribution < 1.29 is 4.79 Å². The molecule has 4 rings (SSSR count). The van der Waals surface area contributed by atoms with Crippen LogP contribution in [0.15, 0.2) is 42.5 Å². The van der Waals surface area contributed by atoms with Crippen molar-refractivity contribution in [3.63, 3.8) is 0 Å². The molecular weight excluding hydrogens is 334 g/mol. The summed E-state index contributed by atoms with van der Waals surface area (Å²) < 4.78 is 0. The topological polar surface area (TPSA) is 44.4 Å². The Kier molecular flexibility index (Phi) is 4.47. The molecule has 4 nitrogen and oxygen atoms in total. The molecule has 2 aromatic rings. The van der Waals surface area contributed by atoms with E-state index in [1.165, 1.54) is 0 Å². The number of benzene rings is 2. The molecule has 0 bridgehead atoms. The van der Waals surface area contributed by atoms with Crippen LogP contribution in [0.1, 0.15) is 17.5 Å². The van der Waals surface area contributed by atoms with Gasteiger partial charge < -0.3 is 15.5 Å². The zero-order valence-corrected chi connectivity index (χ0v) is 14.6. The Morgan fingerprint density at radius 2 is 1.96 bits per heavy atom. The summed E-state index contributed by atoms with van der Waals surface area (Å²) in [7, 11) is 0. The number of hydrogen-bond acceptors (Lipinski definition) is 3. The van der Waals surface area contributed by atoms with Gasteiger partial charge >= 0.3 is 0 Å². The molecule has 5 heteroatoms. The van der Waals surface area contributed by atoms with Gasteiger partial charge in [-0.1, -0.05) is 42.0 Å². The van der Waals surface area contributed by atoms with E-state index in [0.717, 1.165) is 47.2 Å². The van der Waals surface area contributed by atoms with E-state index in [4.69, 9.17) is 11.6 Å². The van der Waals surface area contributed by atoms with Gasteiger partial charge in [-0.15, -0.1) is 0 Å². The molecule has 2 heterocycles. The second kappa shape index (κ2) is 6.90. The minimum Gasteiger partial charge on any atom is -0.364 e. The van der Waals surface area contributed by atoms with Crippen molar-refractivity contribution in [2.45, 2.75) is 12.5 Å². The average Bonchev–Trinajstić information content (AvgIpc) is 2.75. The zero-order chi connectivity index (χ0) is 17.2. The molecule has 1 fully saturated rings. The number of hydrogen-bond donors (Lipinski definition) is 2. The summed E-state index contributed by atoms with van der Waals surface area (Å²) in [5.41, 5.74) is 4.17. The van der Waals surface area contributed by atoms with Crippen LogP contribution in [-0.2, 0) is 4.79 Å². The number of piperazine rings is 1. The predicted molar refractivity (Wildman–Crippen MR) is 104 cm³/mol. The Morgan fingerprint density at radius 3 is 2.80 bits per heavy atom. The van der Waals surface area contributed by atoms with Crippen molar-refractivity contribution in [2.24, 2.45) is 0 Å². The van der Waals surface area contributed by atoms with Gasteiger partial charge in [0, 0.05) is 31.1 Å². The maximum atomic E-state index is 12.1. The minimum absolute atomic E-state index is 0.0830. The van der Waals surface area contributed by atoms with E-state index >= 15 is 0 Å². The van der Waals surface area contributed by atoms with Crippen LogP contribution in [0.2, 0.25) is 5.02 Å². The van der Waals surface area contributed by atoms with Crippen LogP contribution in [0.25, 0.3) is 12.2 Å². The molecule has 2 aromatic carbocycles. The van der Waals surface area contributed by atoms with Crippen molar-refractivity contribution in [3.05, 3.63) is 58.6 Å². The van der Waals surface area contributed by atoms with Gasteiger partial charge in [0.15, 0.2) is 0 Å². The van der Waals surface area contributed by atoms with E-state index in [0.29, 0.717) is 6.42 Å². The molecule has 0 aromatic heterocycles. The molecule has 1 amide bonds. The molecule has 2 aliphatic heterocycles. The number of carbonyl (C=O) groups is 1. The number of fused-ring (bicyclic) bond motifs is 3. The van der Waals surface area contributed by atoms with E-state index in [2.05, 4.69) is 33.8 Å². The fraction of sp³-hybridized carbons (Fsp3) is 0.250. The maximum Gasteiger partial charge on any atom is 0.226 e. The second-order valence-electron chi connectivity index (χ2n) is 6.47. The summed E-state index contributed by atoms with van der Waals surface area (Å²) in [6.07, 6.45) is 4.66. The normalized spacial score (nSPS) is 20.0. The van der Waals surface area contributed by atoms with Crippen molar-refractivity contribution in [2.75, 3.05) is 29.9 Å². The highest BCUT2D eigenvalue weighted by Crippen LogP contribution is 2.33. The third kappa shape index (κ3) is 3.55. The van der Waals surface area contributed by atoms with Gasteiger partial charge in [0.25, 0.3) is 0 Å². The molecule has 2 N–H and O–H groups in total. The van der Waals surface area contributed by atoms with Crippen molar-refractivity contribution in [1.82, 2.24) is 5.32 Å². The Hall–Kier alpha value is -2.30. The van der Waals surface area contributed by atoms with Gasteiger partial charge in [0.05, 0.1) is 17.4 Å². The molecular formula is C20H20ClN3O. The lowest BCUT2D eigenvalue weighted by molar-refractivity contribution is -0.116. The number of amides is 1. The van der Waals surface area contributed by atoms with E-state index < -0.39 is 0 Å². The highest BCUT2D eigenvalue weighted by Gasteiger charge is 2.29. The Labute approximate surface area is 152 Å². The number of carbonyl (C=O) groups excluding carboxylic acids is 1. The fourth-order valence-electron chi connectivity index (χ4n) is 3.47. The highest BCUT2D eigenvalue weighted by atomic mass is 35.5. The van der Waals surface area contributed by atoms with Crippen LogP contribution >= 0.6 is 11.6 Å². The maximum absolute atomic E-state index is 12.1. The molecule has 2 aliphatic rings. The smallest absolute Gasteiger partial charge is 0.226 e. The fourth-order valence-corrected chi connectivity index (χ4v) is 3.67. The van der Waals surface area contributed by atoms with E-state index in [1.807, 2.05) is 36.4 Å². The third-order valence-electron chi connectivity index (χ3n) is 4.69. The monoisotopic (exact) mass is 353 g/mol.